The van der Waals surface area contributed by atoms with Crippen LogP contribution in [0.5, 0.6) is 0 Å². The number of aliphatic hydroxyl groups is 9. The van der Waals surface area contributed by atoms with E-state index in [1.54, 1.807) is 45.9 Å². The van der Waals surface area contributed by atoms with Gasteiger partial charge in [-0.25, -0.2) is 4.79 Å². The molecular weight excluding hydrogens is 1340 g/mol. The number of piperidine rings is 2. The number of carbonyl (C=O) groups is 3. The summed E-state index contributed by atoms with van der Waals surface area (Å²) in [4.78, 5) is 41.1. The van der Waals surface area contributed by atoms with Crippen LogP contribution >= 0.6 is 0 Å². The van der Waals surface area contributed by atoms with Crippen molar-refractivity contribution in [1.29, 1.82) is 0 Å². The van der Waals surface area contributed by atoms with Crippen molar-refractivity contribution in [2.24, 2.45) is 70.5 Å². The third-order valence-corrected chi connectivity index (χ3v) is 28.5. The fourth-order valence-electron chi connectivity index (χ4n) is 22.3. The van der Waals surface area contributed by atoms with E-state index in [0.29, 0.717) is 108 Å². The summed E-state index contributed by atoms with van der Waals surface area (Å²) in [7, 11) is -4.67. The van der Waals surface area contributed by atoms with Crippen LogP contribution in [-0.4, -0.2) is 217 Å². The van der Waals surface area contributed by atoms with E-state index in [1.165, 1.54) is 0 Å². The first-order chi connectivity index (χ1) is 46.3. The van der Waals surface area contributed by atoms with Gasteiger partial charge in [-0.05, 0) is 161 Å². The van der Waals surface area contributed by atoms with Crippen LogP contribution in [0.15, 0.2) is 23.8 Å². The molecule has 11 N–H and O–H groups in total. The minimum Gasteiger partial charge on any atom is -0.550 e. The largest absolute Gasteiger partial charge is 1.00 e. The summed E-state index contributed by atoms with van der Waals surface area (Å²) in [6, 6.07) is -0.387. The molecule has 32 unspecified atom stereocenters. The molecule has 27 heteroatoms. The molecular formula is C74H120NNaO24S. The predicted octanol–water partition coefficient (Wildman–Crippen LogP) is 2.20. The molecule has 25 nitrogen and oxygen atoms in total. The number of hydrogen-bond donors (Lipinski definition) is 11. The number of carboxylic acid groups (broad SMARTS) is 1. The number of ether oxygens (including phenoxy) is 7. The van der Waals surface area contributed by atoms with Crippen molar-refractivity contribution >= 4 is 28.1 Å². The van der Waals surface area contributed by atoms with E-state index in [1.807, 2.05) is 48.5 Å². The zero-order valence-corrected chi connectivity index (χ0v) is 65.4. The quantitative estimate of drug-likeness (QED) is 0.0390. The first-order valence-corrected chi connectivity index (χ1v) is 38.9. The minimum atomic E-state index is -4.67. The molecule has 12 rings (SSSR count). The Morgan fingerprint density at radius 2 is 1.41 bits per heavy atom. The third kappa shape index (κ3) is 13.7. The molecule has 8 aliphatic heterocycles. The van der Waals surface area contributed by atoms with Gasteiger partial charge in [-0.3, -0.25) is 18.8 Å². The van der Waals surface area contributed by atoms with Crippen molar-refractivity contribution in [1.82, 2.24) is 4.90 Å². The maximum atomic E-state index is 14.4. The van der Waals surface area contributed by atoms with Gasteiger partial charge >= 0.3 is 45.9 Å². The van der Waals surface area contributed by atoms with Crippen LogP contribution in [0.3, 0.4) is 0 Å². The average Bonchev–Trinajstić information content (AvgIpc) is 1.46. The van der Waals surface area contributed by atoms with Gasteiger partial charge < -0.3 is 89.0 Å². The van der Waals surface area contributed by atoms with Crippen LogP contribution < -0.4 is 34.7 Å². The van der Waals surface area contributed by atoms with Gasteiger partial charge in [0.05, 0.1) is 59.5 Å². The molecule has 0 amide bonds. The second-order valence-corrected chi connectivity index (χ2v) is 34.9. The van der Waals surface area contributed by atoms with Crippen LogP contribution in [0.1, 0.15) is 219 Å². The van der Waals surface area contributed by atoms with Gasteiger partial charge in [-0.15, -0.1) is 0 Å². The Kier molecular flexibility index (Phi) is 24.2. The number of nitrogens with zero attached hydrogens (tertiary/aromatic N) is 1. The number of rotatable bonds is 14. The average molecular weight is 1460 g/mol. The molecule has 4 bridgehead atoms. The molecule has 7 saturated heterocycles. The molecule has 0 aromatic carbocycles. The molecule has 572 valence electrons. The Balaban J connectivity index is 0.000000223. The zero-order valence-electron chi connectivity index (χ0n) is 62.6. The summed E-state index contributed by atoms with van der Waals surface area (Å²) in [5.74, 6) is -10.3. The van der Waals surface area contributed by atoms with E-state index in [9.17, 15) is 65.4 Å². The standard InChI is InChI=1S/C42H70O11.C32H49NO9.Na.H2O4S/c1-11-29(38(46)47)31-15-14-23(4)36(50-31)27(8)34(44)26(7)35(45)30(12-2)37-24(5)22-25(6)41(51-37)19-16-32(43)42(53-41)21-20-39(10,52-42)33-17-18-40(48,13-3)28(9)49-33;1-6-18(3)25(35)41-24-11-12-26(4)19-8-9-20-28(37)13-23(34)31(39)21(29(28,38)16-30(20,26)42-32(19,24)40)15-33-14-17(2)7-10-22(33)27(31,5)36;;1-5(2,3)4/h16,19,23-34,36-37,43-44,48H,11-15,17-18,20-22H2,1-10H3,(H,46,47);6,17,19-24,34,36-40H,7-16H2,1-5H3;;(H2,1,2,3,4)/q;;+1;/p-1. The number of Topliss-reactive ketones (excluding diaryl/α,β-unsaturated/α-hetero) is 1. The van der Waals surface area contributed by atoms with Crippen molar-refractivity contribution in [2.45, 2.75) is 337 Å². The van der Waals surface area contributed by atoms with Gasteiger partial charge in [0.2, 0.25) is 11.6 Å². The molecule has 4 saturated carbocycles. The number of esters is 1. The van der Waals surface area contributed by atoms with Crippen LogP contribution in [0.2, 0.25) is 0 Å². The van der Waals surface area contributed by atoms with E-state index < -0.39 is 168 Å². The number of carboxylic acids is 1. The molecule has 11 fully saturated rings. The van der Waals surface area contributed by atoms with Gasteiger partial charge in [0, 0.05) is 103 Å². The summed E-state index contributed by atoms with van der Waals surface area (Å²) >= 11 is 0. The van der Waals surface area contributed by atoms with Crippen LogP contribution in [0.4, 0.5) is 0 Å². The molecule has 3 spiro atoms. The molecule has 12 aliphatic rings. The van der Waals surface area contributed by atoms with E-state index in [-0.39, 0.29) is 90.7 Å². The zero-order chi connectivity index (χ0) is 74.2. The summed E-state index contributed by atoms with van der Waals surface area (Å²) in [6.45, 7) is 29.6. The topological polar surface area (TPSA) is 399 Å². The number of ketones is 1. The van der Waals surface area contributed by atoms with Crippen molar-refractivity contribution < 1.29 is 146 Å². The van der Waals surface area contributed by atoms with Gasteiger partial charge in [0.1, 0.15) is 34.3 Å². The molecule has 8 heterocycles. The smallest absolute Gasteiger partial charge is 0.550 e. The van der Waals surface area contributed by atoms with Gasteiger partial charge in [-0.1, -0.05) is 75.3 Å². The number of fused-ring (bicyclic) bond motifs is 5. The van der Waals surface area contributed by atoms with Crippen molar-refractivity contribution in [3.8, 4) is 0 Å². The summed E-state index contributed by atoms with van der Waals surface area (Å²) in [6.07, 6.45) is 7.52. The molecule has 0 aromatic heterocycles. The fraction of sp³-hybridized carbons (Fsp3) is 0.905. The number of hydrogen-bond acceptors (Lipinski definition) is 23. The summed E-state index contributed by atoms with van der Waals surface area (Å²) in [5, 5.41) is 120. The van der Waals surface area contributed by atoms with Crippen molar-refractivity contribution in [3.05, 3.63) is 23.8 Å². The first-order valence-electron chi connectivity index (χ1n) is 37.5. The van der Waals surface area contributed by atoms with Gasteiger partial charge in [0.15, 0.2) is 11.9 Å². The van der Waals surface area contributed by atoms with Crippen LogP contribution in [0, 0.1) is 70.5 Å². The van der Waals surface area contributed by atoms with Crippen LogP contribution in [0.25, 0.3) is 0 Å². The van der Waals surface area contributed by atoms with E-state index in [4.69, 9.17) is 50.7 Å². The number of allylic oxidation sites excluding steroid dienone is 1. The molecule has 101 heavy (non-hydrogen) atoms. The summed E-state index contributed by atoms with van der Waals surface area (Å²) < 4.78 is 77.6. The predicted molar refractivity (Wildman–Crippen MR) is 360 cm³/mol. The van der Waals surface area contributed by atoms with E-state index in [0.717, 1.165) is 12.8 Å². The second kappa shape index (κ2) is 29.3. The second-order valence-electron chi connectivity index (χ2n) is 34.0. The fourth-order valence-corrected chi connectivity index (χ4v) is 22.3. The van der Waals surface area contributed by atoms with Crippen LogP contribution in [-0.2, 0) is 57.9 Å². The number of carbonyl (C=O) groups excluding carboxylic acids is 3. The Morgan fingerprint density at radius 1 is 0.762 bits per heavy atom. The van der Waals surface area contributed by atoms with Gasteiger partial charge in [-0.2, -0.15) is 8.42 Å². The normalized spacial score (nSPS) is 49.9. The Bertz CT molecular complexity index is 3190. The van der Waals surface area contributed by atoms with Gasteiger partial charge in [0.25, 0.3) is 0 Å². The molecule has 0 aromatic rings. The van der Waals surface area contributed by atoms with E-state index >= 15 is 0 Å². The molecule has 4 aliphatic carbocycles. The molecule has 0 radical (unpaired) electrons. The Morgan fingerprint density at radius 3 is 2.01 bits per heavy atom. The maximum absolute atomic E-state index is 14.4. The first kappa shape index (κ1) is 83.4. The Labute approximate surface area is 619 Å². The SMILES string of the molecule is CC=C(C)C(=O)OC1CCC2(C)C3CCC4C5(O)CC(O)C6(O)C(CN7CC(C)CCC7C6(C)O)C5(O)CC42OC13O.CCC(C(=O)[O-])C1CCC(C)C(C(C)C(O)C(C)C(=O)C(CC)C2OC3(C=CC(O)C4(CCC(C)(C5CCC(O)(CC)C(C)O5)O4)O3)C(C)CC2C)O1.O=S(=O)(O)O.[Na+]. The van der Waals surface area contributed by atoms with Crippen molar-refractivity contribution in [3.63, 3.8) is 0 Å². The summed E-state index contributed by atoms with van der Waals surface area (Å²) in [5.41, 5.74) is -10.6. The number of aliphatic hydroxyl groups excluding tert-OH is 3. The van der Waals surface area contributed by atoms with Crippen molar-refractivity contribution in [2.75, 3.05) is 13.1 Å². The molecule has 32 atom stereocenters. The number of aliphatic carboxylic acids is 1. The Hall–Kier alpha value is -1.68. The maximum Gasteiger partial charge on any atom is 1.00 e. The van der Waals surface area contributed by atoms with E-state index in [2.05, 4.69) is 32.6 Å². The monoisotopic (exact) mass is 1460 g/mol. The third-order valence-electron chi connectivity index (χ3n) is 28.5. The minimum absolute atomic E-state index is 0.